The van der Waals surface area contributed by atoms with E-state index in [0.717, 1.165) is 28.3 Å². The van der Waals surface area contributed by atoms with Crippen LogP contribution in [0.2, 0.25) is 0 Å². The van der Waals surface area contributed by atoms with Gasteiger partial charge in [-0.15, -0.1) is 0 Å². The van der Waals surface area contributed by atoms with Crippen LogP contribution in [0.5, 0.6) is 0 Å². The maximum absolute atomic E-state index is 13.6. The molecule has 1 aromatic heterocycles. The van der Waals surface area contributed by atoms with Crippen LogP contribution in [-0.2, 0) is 49.6 Å². The highest BCUT2D eigenvalue weighted by Crippen LogP contribution is 2.21. The Morgan fingerprint density at radius 3 is 1.79 bits per heavy atom. The second-order valence-corrected chi connectivity index (χ2v) is 16.6. The van der Waals surface area contributed by atoms with Crippen LogP contribution in [0.4, 0.5) is 0 Å². The minimum Gasteiger partial charge on any atom is -0.480 e. The van der Waals surface area contributed by atoms with Gasteiger partial charge in [-0.3, -0.25) is 38.4 Å². The Balaban J connectivity index is 1.62. The van der Waals surface area contributed by atoms with Gasteiger partial charge in [-0.2, -0.15) is 25.3 Å². The van der Waals surface area contributed by atoms with Crippen molar-refractivity contribution in [2.24, 2.45) is 11.7 Å². The lowest BCUT2D eigenvalue weighted by molar-refractivity contribution is -0.143. The molecule has 10 unspecified atom stereocenters. The number of benzene rings is 1. The number of nitrogens with one attached hydrogen (secondary N) is 8. The fourth-order valence-electron chi connectivity index (χ4n) is 6.88. The van der Waals surface area contributed by atoms with Crippen molar-refractivity contribution in [3.8, 4) is 0 Å². The fourth-order valence-corrected chi connectivity index (χ4v) is 7.39. The first-order valence-corrected chi connectivity index (χ1v) is 22.2. The largest absolute Gasteiger partial charge is 0.480 e. The predicted molar refractivity (Wildman–Crippen MR) is 241 cm³/mol. The number of carboxylic acid groups (broad SMARTS) is 1. The van der Waals surface area contributed by atoms with E-state index in [4.69, 9.17) is 10.8 Å². The summed E-state index contributed by atoms with van der Waals surface area (Å²) in [6, 6.07) is -5.74. The lowest BCUT2D eigenvalue weighted by Crippen LogP contribution is -2.63. The van der Waals surface area contributed by atoms with Crippen molar-refractivity contribution in [2.45, 2.75) is 101 Å². The van der Waals surface area contributed by atoms with E-state index in [2.05, 4.69) is 62.1 Å². The summed E-state index contributed by atoms with van der Waals surface area (Å²) < 4.78 is 0. The standard InChI is InChI=1S/C40H60N10O14S2/c1-18(2)30(37(60)49-31(19(3)54)38(61)47-28(17-66)35(58)45-26(15-53)40(63)64)48-33(56)24(13-51)43-34(57)27(16-65)46-36(59)29-9-6-10-50(29)39(62)25(14-52)44-32(55)22(41)11-20-12-42-23-8-5-4-7-21(20)23/h4-5,7-8,12,18-19,22,24-31,42,51-54,65-66H,6,9-11,13-17,41H2,1-3H3,(H,43,57)(H,44,55)(H,45,58)(H,46,59)(H,47,61)(H,48,56)(H,49,60)(H,63,64). The molecule has 1 fully saturated rings. The number of H-pyrrole nitrogens is 1. The van der Waals surface area contributed by atoms with E-state index in [1.165, 1.54) is 13.8 Å². The van der Waals surface area contributed by atoms with Gasteiger partial charge in [-0.1, -0.05) is 32.0 Å². The zero-order valence-corrected chi connectivity index (χ0v) is 38.2. The number of carboxylic acids is 1. The Hall–Kier alpha value is -5.51. The van der Waals surface area contributed by atoms with Crippen molar-refractivity contribution in [2.75, 3.05) is 37.9 Å². The van der Waals surface area contributed by atoms with E-state index in [1.807, 2.05) is 29.6 Å². The number of fused-ring (bicyclic) bond motifs is 1. The number of rotatable bonds is 25. The Morgan fingerprint density at radius 2 is 1.23 bits per heavy atom. The number of hydrogen-bond acceptors (Lipinski definition) is 16. The van der Waals surface area contributed by atoms with Crippen molar-refractivity contribution in [3.05, 3.63) is 36.0 Å². The molecule has 1 saturated heterocycles. The van der Waals surface area contributed by atoms with E-state index < -0.39 is 139 Å². The number of aromatic amines is 1. The lowest BCUT2D eigenvalue weighted by Gasteiger charge is -2.30. The quantitative estimate of drug-likeness (QED) is 0.0413. The first-order valence-electron chi connectivity index (χ1n) is 20.9. The number of likely N-dealkylation sites (tertiary alicyclic amines) is 1. The monoisotopic (exact) mass is 968 g/mol. The van der Waals surface area contributed by atoms with Crippen molar-refractivity contribution in [1.29, 1.82) is 0 Å². The van der Waals surface area contributed by atoms with Crippen molar-refractivity contribution in [1.82, 2.24) is 47.1 Å². The van der Waals surface area contributed by atoms with Gasteiger partial charge in [0, 0.05) is 35.2 Å². The second kappa shape index (κ2) is 26.0. The van der Waals surface area contributed by atoms with Gasteiger partial charge in [0.25, 0.3) is 0 Å². The molecule has 0 saturated carbocycles. The molecule has 24 nitrogen and oxygen atoms in total. The number of nitrogens with two attached hydrogens (primary N) is 1. The van der Waals surface area contributed by atoms with Crippen LogP contribution in [0.25, 0.3) is 10.9 Å². The summed E-state index contributed by atoms with van der Waals surface area (Å²) in [6.45, 7) is 1.49. The minimum absolute atomic E-state index is 0.0795. The number of para-hydroxylation sites is 1. The molecule has 0 radical (unpaired) electrons. The first-order chi connectivity index (χ1) is 31.2. The third-order valence-electron chi connectivity index (χ3n) is 10.6. The van der Waals surface area contributed by atoms with E-state index in [-0.39, 0.29) is 30.9 Å². The third-order valence-corrected chi connectivity index (χ3v) is 11.4. The molecular formula is C40H60N10O14S2. The zero-order valence-electron chi connectivity index (χ0n) is 36.4. The number of carbonyl (C=O) groups is 9. The van der Waals surface area contributed by atoms with Gasteiger partial charge < -0.3 is 78.4 Å². The summed E-state index contributed by atoms with van der Waals surface area (Å²) in [6.07, 6.45) is 0.784. The molecule has 0 bridgehead atoms. The molecule has 26 heteroatoms. The van der Waals surface area contributed by atoms with Crippen LogP contribution in [0.1, 0.15) is 39.2 Å². The third kappa shape index (κ3) is 14.7. The number of nitrogens with zero attached hydrogens (tertiary/aromatic N) is 1. The average molecular weight is 969 g/mol. The highest BCUT2D eigenvalue weighted by Gasteiger charge is 2.40. The Morgan fingerprint density at radius 1 is 0.712 bits per heavy atom. The molecule has 8 amide bonds. The molecule has 3 rings (SSSR count). The number of aromatic nitrogens is 1. The molecule has 2 aromatic rings. The molecular weight excluding hydrogens is 909 g/mol. The Kier molecular flexibility index (Phi) is 21.6. The summed E-state index contributed by atoms with van der Waals surface area (Å²) in [5.74, 6) is -10.4. The van der Waals surface area contributed by atoms with Gasteiger partial charge in [0.05, 0.1) is 32.0 Å². The molecule has 1 aliphatic heterocycles. The predicted octanol–water partition coefficient (Wildman–Crippen LogP) is -5.62. The van der Waals surface area contributed by atoms with E-state index in [9.17, 15) is 63.6 Å². The summed E-state index contributed by atoms with van der Waals surface area (Å²) in [5.41, 5.74) is 7.79. The normalized spacial score (nSPS) is 17.7. The van der Waals surface area contributed by atoms with E-state index in [0.29, 0.717) is 6.42 Å². The highest BCUT2D eigenvalue weighted by molar-refractivity contribution is 7.80. The van der Waals surface area contributed by atoms with E-state index in [1.54, 1.807) is 6.20 Å². The van der Waals surface area contributed by atoms with Crippen LogP contribution >= 0.6 is 25.3 Å². The van der Waals surface area contributed by atoms with Crippen LogP contribution in [-0.4, -0.2) is 187 Å². The Labute approximate surface area is 390 Å². The molecule has 366 valence electrons. The van der Waals surface area contributed by atoms with Crippen molar-refractivity contribution >= 4 is 89.4 Å². The molecule has 66 heavy (non-hydrogen) atoms. The van der Waals surface area contributed by atoms with Crippen LogP contribution in [0.15, 0.2) is 30.5 Å². The number of aliphatic hydroxyl groups is 4. The molecule has 0 spiro atoms. The number of amides is 8. The molecule has 2 heterocycles. The zero-order chi connectivity index (χ0) is 49.4. The summed E-state index contributed by atoms with van der Waals surface area (Å²) >= 11 is 8.14. The number of carbonyl (C=O) groups excluding carboxylic acids is 8. The van der Waals surface area contributed by atoms with Gasteiger partial charge >= 0.3 is 5.97 Å². The van der Waals surface area contributed by atoms with Crippen LogP contribution < -0.4 is 43.0 Å². The van der Waals surface area contributed by atoms with Gasteiger partial charge in [-0.05, 0) is 43.7 Å². The van der Waals surface area contributed by atoms with Crippen LogP contribution in [0.3, 0.4) is 0 Å². The SMILES string of the molecule is CC(C)C(NC(=O)C(CO)NC(=O)C(CS)NC(=O)C1CCCN1C(=O)C(CO)NC(=O)C(N)Cc1c[nH]c2ccccc12)C(=O)NC(C(=O)NC(CS)C(=O)NC(CO)C(=O)O)C(C)O. The number of aliphatic carboxylic acids is 1. The van der Waals surface area contributed by atoms with Gasteiger partial charge in [0.2, 0.25) is 47.3 Å². The molecule has 15 N–H and O–H groups in total. The van der Waals surface area contributed by atoms with Gasteiger partial charge in [0.1, 0.15) is 48.3 Å². The second-order valence-electron chi connectivity index (χ2n) is 15.9. The summed E-state index contributed by atoms with van der Waals surface area (Å²) in [4.78, 5) is 122. The maximum atomic E-state index is 13.6. The average Bonchev–Trinajstić information content (AvgIpc) is 3.95. The molecule has 0 aliphatic carbocycles. The number of aliphatic hydroxyl groups excluding tert-OH is 4. The summed E-state index contributed by atoms with van der Waals surface area (Å²) in [7, 11) is 0. The van der Waals surface area contributed by atoms with Gasteiger partial charge in [0.15, 0.2) is 0 Å². The van der Waals surface area contributed by atoms with Crippen molar-refractivity contribution in [3.63, 3.8) is 0 Å². The minimum atomic E-state index is -1.73. The smallest absolute Gasteiger partial charge is 0.328 e. The summed E-state index contributed by atoms with van der Waals surface area (Å²) in [5, 5.41) is 65.9. The number of thiol groups is 2. The van der Waals surface area contributed by atoms with E-state index >= 15 is 0 Å². The molecule has 10 atom stereocenters. The van der Waals surface area contributed by atoms with Crippen molar-refractivity contribution < 1.29 is 68.7 Å². The van der Waals surface area contributed by atoms with Crippen LogP contribution in [0, 0.1) is 5.92 Å². The topological polar surface area (TPSA) is 384 Å². The molecule has 1 aromatic carbocycles. The van der Waals surface area contributed by atoms with Gasteiger partial charge in [-0.25, -0.2) is 4.79 Å². The maximum Gasteiger partial charge on any atom is 0.328 e. The number of hydrogen-bond donors (Lipinski definition) is 16. The lowest BCUT2D eigenvalue weighted by atomic mass is 10.0. The molecule has 1 aliphatic rings. The highest BCUT2D eigenvalue weighted by atomic mass is 32.1. The fraction of sp³-hybridized carbons (Fsp3) is 0.575. The Bertz CT molecular complexity index is 2060. The first kappa shape index (κ1) is 54.8.